The lowest BCUT2D eigenvalue weighted by Gasteiger charge is -2.25. The third-order valence-electron chi connectivity index (χ3n) is 4.20. The van der Waals surface area contributed by atoms with Crippen LogP contribution in [0.5, 0.6) is 0 Å². The highest BCUT2D eigenvalue weighted by Crippen LogP contribution is 2.33. The van der Waals surface area contributed by atoms with Crippen LogP contribution in [0.15, 0.2) is 25.3 Å². The number of nitrogens with zero attached hydrogens (tertiary/aromatic N) is 1. The summed E-state index contributed by atoms with van der Waals surface area (Å²) in [5, 5.41) is 3.83. The Bertz CT molecular complexity index is 238. The summed E-state index contributed by atoms with van der Waals surface area (Å²) in [6, 6.07) is 1.49. The van der Waals surface area contributed by atoms with Gasteiger partial charge >= 0.3 is 0 Å². The van der Waals surface area contributed by atoms with Crippen molar-refractivity contribution in [1.29, 1.82) is 0 Å². The minimum absolute atomic E-state index is 0.683. The molecule has 96 valence electrons. The maximum Gasteiger partial charge on any atom is 0.0201 e. The highest BCUT2D eigenvalue weighted by molar-refractivity contribution is 4.95. The van der Waals surface area contributed by atoms with Crippen LogP contribution in [0.4, 0.5) is 0 Å². The summed E-state index contributed by atoms with van der Waals surface area (Å²) in [5.41, 5.74) is 0. The fourth-order valence-electron chi connectivity index (χ4n) is 3.47. The predicted octanol–water partition coefficient (Wildman–Crippen LogP) is 2.58. The number of rotatable bonds is 6. The van der Waals surface area contributed by atoms with E-state index < -0.39 is 0 Å². The van der Waals surface area contributed by atoms with E-state index in [1.165, 1.54) is 32.1 Å². The van der Waals surface area contributed by atoms with Gasteiger partial charge in [0, 0.05) is 31.7 Å². The summed E-state index contributed by atoms with van der Waals surface area (Å²) in [7, 11) is 0. The SMILES string of the molecule is C=CCN(CC=C)CC1CC2CCCCC2N1. The first-order valence-corrected chi connectivity index (χ1v) is 7.03. The summed E-state index contributed by atoms with van der Waals surface area (Å²) in [5.74, 6) is 0.947. The molecule has 1 aliphatic heterocycles. The van der Waals surface area contributed by atoms with Crippen LogP contribution < -0.4 is 5.32 Å². The van der Waals surface area contributed by atoms with Crippen molar-refractivity contribution >= 4 is 0 Å². The molecule has 1 saturated heterocycles. The Hall–Kier alpha value is -0.600. The van der Waals surface area contributed by atoms with E-state index in [2.05, 4.69) is 23.4 Å². The van der Waals surface area contributed by atoms with Gasteiger partial charge in [-0.25, -0.2) is 0 Å². The number of hydrogen-bond donors (Lipinski definition) is 1. The number of nitrogens with one attached hydrogen (secondary N) is 1. The van der Waals surface area contributed by atoms with Crippen molar-refractivity contribution in [1.82, 2.24) is 10.2 Å². The van der Waals surface area contributed by atoms with E-state index in [0.29, 0.717) is 6.04 Å². The third-order valence-corrected chi connectivity index (χ3v) is 4.20. The minimum atomic E-state index is 0.683. The molecule has 3 atom stereocenters. The van der Waals surface area contributed by atoms with Gasteiger partial charge < -0.3 is 5.32 Å². The Morgan fingerprint density at radius 1 is 1.12 bits per heavy atom. The zero-order valence-corrected chi connectivity index (χ0v) is 10.9. The normalized spacial score (nSPS) is 32.4. The smallest absolute Gasteiger partial charge is 0.0201 e. The van der Waals surface area contributed by atoms with Crippen molar-refractivity contribution < 1.29 is 0 Å². The Balaban J connectivity index is 1.82. The van der Waals surface area contributed by atoms with E-state index >= 15 is 0 Å². The second-order valence-corrected chi connectivity index (χ2v) is 5.55. The van der Waals surface area contributed by atoms with Gasteiger partial charge in [-0.3, -0.25) is 4.90 Å². The molecular weight excluding hydrogens is 208 g/mol. The van der Waals surface area contributed by atoms with Gasteiger partial charge in [-0.1, -0.05) is 25.0 Å². The second-order valence-electron chi connectivity index (χ2n) is 5.55. The van der Waals surface area contributed by atoms with Crippen molar-refractivity contribution in [3.63, 3.8) is 0 Å². The zero-order chi connectivity index (χ0) is 12.1. The lowest BCUT2D eigenvalue weighted by atomic mass is 9.85. The van der Waals surface area contributed by atoms with E-state index in [1.54, 1.807) is 0 Å². The quantitative estimate of drug-likeness (QED) is 0.711. The fraction of sp³-hybridized carbons (Fsp3) is 0.733. The molecule has 17 heavy (non-hydrogen) atoms. The van der Waals surface area contributed by atoms with E-state index in [4.69, 9.17) is 0 Å². The van der Waals surface area contributed by atoms with Crippen LogP contribution in [-0.2, 0) is 0 Å². The van der Waals surface area contributed by atoms with Crippen molar-refractivity contribution in [3.05, 3.63) is 25.3 Å². The number of hydrogen-bond acceptors (Lipinski definition) is 2. The lowest BCUT2D eigenvalue weighted by Crippen LogP contribution is -2.40. The largest absolute Gasteiger partial charge is 0.310 e. The van der Waals surface area contributed by atoms with Gasteiger partial charge in [0.1, 0.15) is 0 Å². The Morgan fingerprint density at radius 3 is 2.47 bits per heavy atom. The van der Waals surface area contributed by atoms with Crippen LogP contribution in [0, 0.1) is 5.92 Å². The van der Waals surface area contributed by atoms with Crippen LogP contribution in [-0.4, -0.2) is 36.6 Å². The van der Waals surface area contributed by atoms with Gasteiger partial charge in [-0.05, 0) is 25.2 Å². The molecule has 3 unspecified atom stereocenters. The summed E-state index contributed by atoms with van der Waals surface area (Å²) in [4.78, 5) is 2.43. The predicted molar refractivity (Wildman–Crippen MR) is 74.1 cm³/mol. The molecule has 0 radical (unpaired) electrons. The van der Waals surface area contributed by atoms with Crippen molar-refractivity contribution in [2.45, 2.75) is 44.2 Å². The van der Waals surface area contributed by atoms with Crippen LogP contribution in [0.3, 0.4) is 0 Å². The molecule has 2 nitrogen and oxygen atoms in total. The molecule has 0 aromatic carbocycles. The maximum atomic E-state index is 3.83. The van der Waals surface area contributed by atoms with Crippen molar-refractivity contribution in [2.75, 3.05) is 19.6 Å². The van der Waals surface area contributed by atoms with Gasteiger partial charge in [0.2, 0.25) is 0 Å². The van der Waals surface area contributed by atoms with Gasteiger partial charge in [-0.15, -0.1) is 13.2 Å². The van der Waals surface area contributed by atoms with Crippen molar-refractivity contribution in [3.8, 4) is 0 Å². The van der Waals surface area contributed by atoms with Crippen LogP contribution >= 0.6 is 0 Å². The Labute approximate surface area is 106 Å². The fourth-order valence-corrected chi connectivity index (χ4v) is 3.47. The second kappa shape index (κ2) is 6.36. The monoisotopic (exact) mass is 234 g/mol. The Kier molecular flexibility index (Phi) is 4.81. The van der Waals surface area contributed by atoms with Gasteiger partial charge in [0.05, 0.1) is 0 Å². The first-order valence-electron chi connectivity index (χ1n) is 7.03. The topological polar surface area (TPSA) is 15.3 Å². The molecule has 2 heteroatoms. The average molecular weight is 234 g/mol. The number of fused-ring (bicyclic) bond motifs is 1. The molecule has 0 spiro atoms. The molecule has 0 bridgehead atoms. The van der Waals surface area contributed by atoms with Crippen LogP contribution in [0.2, 0.25) is 0 Å². The minimum Gasteiger partial charge on any atom is -0.310 e. The third kappa shape index (κ3) is 3.43. The first kappa shape index (κ1) is 12.8. The molecule has 2 aliphatic rings. The molecule has 1 aliphatic carbocycles. The standard InChI is InChI=1S/C15H26N2/c1-3-9-17(10-4-2)12-14-11-13-7-5-6-8-15(13)16-14/h3-4,13-16H,1-2,5-12H2. The Morgan fingerprint density at radius 2 is 1.82 bits per heavy atom. The molecule has 2 fully saturated rings. The molecule has 1 N–H and O–H groups in total. The maximum absolute atomic E-state index is 3.83. The summed E-state index contributed by atoms with van der Waals surface area (Å²) >= 11 is 0. The molecule has 0 amide bonds. The molecule has 2 rings (SSSR count). The van der Waals surface area contributed by atoms with E-state index in [9.17, 15) is 0 Å². The molecule has 1 heterocycles. The van der Waals surface area contributed by atoms with Gasteiger partial charge in [-0.2, -0.15) is 0 Å². The molecule has 0 aromatic rings. The first-order chi connectivity index (χ1) is 8.33. The summed E-state index contributed by atoms with van der Waals surface area (Å²) in [6.45, 7) is 10.8. The zero-order valence-electron chi connectivity index (χ0n) is 10.9. The summed E-state index contributed by atoms with van der Waals surface area (Å²) < 4.78 is 0. The van der Waals surface area contributed by atoms with Crippen LogP contribution in [0.25, 0.3) is 0 Å². The summed E-state index contributed by atoms with van der Waals surface area (Å²) in [6.07, 6.45) is 11.1. The highest BCUT2D eigenvalue weighted by atomic mass is 15.2. The van der Waals surface area contributed by atoms with Gasteiger partial charge in [0.25, 0.3) is 0 Å². The molecular formula is C15H26N2. The van der Waals surface area contributed by atoms with Gasteiger partial charge in [0.15, 0.2) is 0 Å². The van der Waals surface area contributed by atoms with E-state index in [0.717, 1.165) is 31.6 Å². The van der Waals surface area contributed by atoms with E-state index in [1.807, 2.05) is 12.2 Å². The highest BCUT2D eigenvalue weighted by Gasteiger charge is 2.35. The lowest BCUT2D eigenvalue weighted by molar-refractivity contribution is 0.295. The average Bonchev–Trinajstić information content (AvgIpc) is 2.71. The molecule has 0 aromatic heterocycles. The van der Waals surface area contributed by atoms with E-state index in [-0.39, 0.29) is 0 Å². The molecule has 1 saturated carbocycles. The van der Waals surface area contributed by atoms with Crippen LogP contribution in [0.1, 0.15) is 32.1 Å². The van der Waals surface area contributed by atoms with Crippen molar-refractivity contribution in [2.24, 2.45) is 5.92 Å².